The first-order valence-electron chi connectivity index (χ1n) is 8.02. The molecule has 0 aliphatic heterocycles. The lowest BCUT2D eigenvalue weighted by molar-refractivity contribution is -0.116. The van der Waals surface area contributed by atoms with E-state index in [-0.39, 0.29) is 23.8 Å². The lowest BCUT2D eigenvalue weighted by Crippen LogP contribution is -2.36. The van der Waals surface area contributed by atoms with E-state index in [0.29, 0.717) is 10.4 Å². The van der Waals surface area contributed by atoms with Crippen molar-refractivity contribution in [3.8, 4) is 0 Å². The van der Waals surface area contributed by atoms with Gasteiger partial charge in [0, 0.05) is 10.4 Å². The van der Waals surface area contributed by atoms with Crippen molar-refractivity contribution in [1.29, 1.82) is 0 Å². The SMILES string of the molecule is CC(C)c1nn(NC(=O)Cc2ccc(Cl)cc2)c(=O)c2ccccc12. The van der Waals surface area contributed by atoms with Crippen molar-refractivity contribution in [2.24, 2.45) is 0 Å². The van der Waals surface area contributed by atoms with Crippen molar-refractivity contribution >= 4 is 28.3 Å². The van der Waals surface area contributed by atoms with Gasteiger partial charge in [-0.2, -0.15) is 5.10 Å². The number of nitrogens with zero attached hydrogens (tertiary/aromatic N) is 2. The summed E-state index contributed by atoms with van der Waals surface area (Å²) in [6, 6.07) is 14.3. The van der Waals surface area contributed by atoms with Crippen molar-refractivity contribution in [3.63, 3.8) is 0 Å². The Hall–Kier alpha value is -2.66. The Morgan fingerprint density at radius 1 is 1.12 bits per heavy atom. The molecular formula is C19H18ClN3O2. The zero-order chi connectivity index (χ0) is 18.0. The first kappa shape index (κ1) is 17.2. The highest BCUT2D eigenvalue weighted by Gasteiger charge is 2.14. The Bertz CT molecular complexity index is 978. The second-order valence-electron chi connectivity index (χ2n) is 6.14. The van der Waals surface area contributed by atoms with Crippen LogP contribution in [0.2, 0.25) is 5.02 Å². The van der Waals surface area contributed by atoms with Gasteiger partial charge in [0.05, 0.1) is 17.5 Å². The normalized spacial score (nSPS) is 11.0. The topological polar surface area (TPSA) is 64.0 Å². The van der Waals surface area contributed by atoms with Crippen LogP contribution in [0.25, 0.3) is 10.8 Å². The summed E-state index contributed by atoms with van der Waals surface area (Å²) in [4.78, 5) is 25.9. The van der Waals surface area contributed by atoms with Gasteiger partial charge < -0.3 is 0 Å². The number of amides is 1. The average Bonchev–Trinajstić information content (AvgIpc) is 2.59. The van der Waals surface area contributed by atoms with E-state index in [1.165, 1.54) is 0 Å². The molecule has 0 radical (unpaired) electrons. The van der Waals surface area contributed by atoms with Crippen LogP contribution in [0.5, 0.6) is 0 Å². The molecule has 0 bridgehead atoms. The number of carbonyl (C=O) groups is 1. The molecule has 0 saturated heterocycles. The summed E-state index contributed by atoms with van der Waals surface area (Å²) < 4.78 is 0. The summed E-state index contributed by atoms with van der Waals surface area (Å²) in [5.74, 6) is -0.202. The highest BCUT2D eigenvalue weighted by molar-refractivity contribution is 6.30. The third kappa shape index (κ3) is 3.72. The number of rotatable bonds is 4. The monoisotopic (exact) mass is 355 g/mol. The first-order chi connectivity index (χ1) is 12.0. The molecule has 0 saturated carbocycles. The Balaban J connectivity index is 1.93. The minimum atomic E-state index is -0.343. The van der Waals surface area contributed by atoms with Crippen LogP contribution >= 0.6 is 11.6 Å². The van der Waals surface area contributed by atoms with Gasteiger partial charge in [-0.05, 0) is 29.7 Å². The van der Waals surface area contributed by atoms with E-state index in [2.05, 4.69) is 10.5 Å². The molecule has 0 atom stereocenters. The molecule has 0 fully saturated rings. The quantitative estimate of drug-likeness (QED) is 0.779. The number of halogens is 1. The zero-order valence-electron chi connectivity index (χ0n) is 14.0. The fourth-order valence-corrected chi connectivity index (χ4v) is 2.79. The van der Waals surface area contributed by atoms with Gasteiger partial charge in [-0.25, -0.2) is 5.43 Å². The minimum Gasteiger partial charge on any atom is -0.273 e. The maximum absolute atomic E-state index is 12.6. The van der Waals surface area contributed by atoms with E-state index >= 15 is 0 Å². The van der Waals surface area contributed by atoms with Gasteiger partial charge in [-0.3, -0.25) is 9.59 Å². The Kier molecular flexibility index (Phi) is 4.86. The molecule has 1 N–H and O–H groups in total. The van der Waals surface area contributed by atoms with E-state index in [0.717, 1.165) is 21.4 Å². The molecule has 1 heterocycles. The maximum Gasteiger partial charge on any atom is 0.294 e. The van der Waals surface area contributed by atoms with Crippen LogP contribution in [0.1, 0.15) is 31.0 Å². The van der Waals surface area contributed by atoms with Gasteiger partial charge in [-0.15, -0.1) is 4.79 Å². The molecule has 3 aromatic rings. The van der Waals surface area contributed by atoms with E-state index in [1.54, 1.807) is 36.4 Å². The van der Waals surface area contributed by atoms with E-state index in [9.17, 15) is 9.59 Å². The van der Waals surface area contributed by atoms with Crippen LogP contribution in [0, 0.1) is 0 Å². The van der Waals surface area contributed by atoms with Crippen molar-refractivity contribution in [2.75, 3.05) is 5.43 Å². The Labute approximate surface area is 150 Å². The molecule has 1 amide bonds. The zero-order valence-corrected chi connectivity index (χ0v) is 14.7. The van der Waals surface area contributed by atoms with Crippen LogP contribution in [0.3, 0.4) is 0 Å². The largest absolute Gasteiger partial charge is 0.294 e. The van der Waals surface area contributed by atoms with Crippen molar-refractivity contribution in [2.45, 2.75) is 26.2 Å². The number of benzene rings is 2. The molecule has 128 valence electrons. The predicted octanol–water partition coefficient (Wildman–Crippen LogP) is 3.49. The Morgan fingerprint density at radius 3 is 2.40 bits per heavy atom. The molecule has 2 aromatic carbocycles. The van der Waals surface area contributed by atoms with E-state index < -0.39 is 0 Å². The highest BCUT2D eigenvalue weighted by atomic mass is 35.5. The number of hydrogen-bond acceptors (Lipinski definition) is 3. The van der Waals surface area contributed by atoms with Crippen LogP contribution in [0.15, 0.2) is 53.3 Å². The number of hydrogen-bond donors (Lipinski definition) is 1. The fourth-order valence-electron chi connectivity index (χ4n) is 2.66. The smallest absolute Gasteiger partial charge is 0.273 e. The van der Waals surface area contributed by atoms with Gasteiger partial charge >= 0.3 is 0 Å². The number of aromatic nitrogens is 2. The molecule has 0 aliphatic carbocycles. The number of nitrogens with one attached hydrogen (secondary N) is 1. The second kappa shape index (κ2) is 7.07. The third-order valence-corrected chi connectivity index (χ3v) is 4.14. The average molecular weight is 356 g/mol. The standard InChI is InChI=1S/C19H18ClN3O2/c1-12(2)18-15-5-3-4-6-16(15)19(25)23(22-18)21-17(24)11-13-7-9-14(20)10-8-13/h3-10,12H,11H2,1-2H3,(H,21,24). The summed E-state index contributed by atoms with van der Waals surface area (Å²) in [5.41, 5.74) is 3.81. The molecular weight excluding hydrogens is 338 g/mol. The molecule has 1 aromatic heterocycles. The predicted molar refractivity (Wildman–Crippen MR) is 99.6 cm³/mol. The number of fused-ring (bicyclic) bond motifs is 1. The molecule has 5 nitrogen and oxygen atoms in total. The molecule has 6 heteroatoms. The van der Waals surface area contributed by atoms with Gasteiger partial charge in [0.2, 0.25) is 5.91 Å². The summed E-state index contributed by atoms with van der Waals surface area (Å²) in [5, 5.41) is 6.30. The van der Waals surface area contributed by atoms with Crippen LogP contribution < -0.4 is 11.0 Å². The van der Waals surface area contributed by atoms with Crippen LogP contribution in [-0.2, 0) is 11.2 Å². The summed E-state index contributed by atoms with van der Waals surface area (Å²) >= 11 is 5.85. The van der Waals surface area contributed by atoms with Gasteiger partial charge in [0.15, 0.2) is 0 Å². The van der Waals surface area contributed by atoms with E-state index in [4.69, 9.17) is 11.6 Å². The highest BCUT2D eigenvalue weighted by Crippen LogP contribution is 2.20. The van der Waals surface area contributed by atoms with Crippen LogP contribution in [-0.4, -0.2) is 15.8 Å². The van der Waals surface area contributed by atoms with Gasteiger partial charge in [0.1, 0.15) is 0 Å². The number of carbonyl (C=O) groups excluding carboxylic acids is 1. The summed E-state index contributed by atoms with van der Waals surface area (Å²) in [6.45, 7) is 4.00. The summed E-state index contributed by atoms with van der Waals surface area (Å²) in [7, 11) is 0. The minimum absolute atomic E-state index is 0.116. The van der Waals surface area contributed by atoms with Crippen molar-refractivity contribution in [3.05, 3.63) is 75.2 Å². The third-order valence-electron chi connectivity index (χ3n) is 3.89. The Morgan fingerprint density at radius 2 is 1.76 bits per heavy atom. The van der Waals surface area contributed by atoms with Gasteiger partial charge in [-0.1, -0.05) is 55.8 Å². The van der Waals surface area contributed by atoms with Crippen LogP contribution in [0.4, 0.5) is 0 Å². The lowest BCUT2D eigenvalue weighted by Gasteiger charge is -2.13. The fraction of sp³-hybridized carbons (Fsp3) is 0.211. The first-order valence-corrected chi connectivity index (χ1v) is 8.40. The van der Waals surface area contributed by atoms with E-state index in [1.807, 2.05) is 26.0 Å². The molecule has 0 aliphatic rings. The lowest BCUT2D eigenvalue weighted by atomic mass is 10.0. The second-order valence-corrected chi connectivity index (χ2v) is 6.58. The molecule has 25 heavy (non-hydrogen) atoms. The van der Waals surface area contributed by atoms with Crippen molar-refractivity contribution < 1.29 is 4.79 Å². The maximum atomic E-state index is 12.6. The summed E-state index contributed by atoms with van der Waals surface area (Å²) in [6.07, 6.45) is 0.134. The van der Waals surface area contributed by atoms with Crippen molar-refractivity contribution in [1.82, 2.24) is 9.89 Å². The molecule has 0 unspecified atom stereocenters. The molecule has 3 rings (SSSR count). The molecule has 0 spiro atoms. The van der Waals surface area contributed by atoms with Gasteiger partial charge in [0.25, 0.3) is 5.56 Å².